The van der Waals surface area contributed by atoms with Gasteiger partial charge in [-0.3, -0.25) is 0 Å². The number of piperidine rings is 1. The highest BCUT2D eigenvalue weighted by Gasteiger charge is 2.55. The van der Waals surface area contributed by atoms with Gasteiger partial charge in [-0.05, 0) is 31.6 Å². The summed E-state index contributed by atoms with van der Waals surface area (Å²) in [6.07, 6.45) is 6.41. The summed E-state index contributed by atoms with van der Waals surface area (Å²) in [5, 5.41) is 3.39. The van der Waals surface area contributed by atoms with Crippen LogP contribution in [0, 0.1) is 11.8 Å². The summed E-state index contributed by atoms with van der Waals surface area (Å²) in [7, 11) is 0. The predicted molar refractivity (Wildman–Crippen MR) is 55.0 cm³/mol. The fourth-order valence-electron chi connectivity index (χ4n) is 4.04. The second-order valence-corrected chi connectivity index (χ2v) is 5.58. The van der Waals surface area contributed by atoms with Gasteiger partial charge in [0.25, 0.3) is 5.92 Å². The van der Waals surface area contributed by atoms with Gasteiger partial charge in [0, 0.05) is 24.4 Å². The molecule has 2 saturated heterocycles. The van der Waals surface area contributed by atoms with Crippen LogP contribution in [0.2, 0.25) is 0 Å². The topological polar surface area (TPSA) is 12.0 Å². The Kier molecular flexibility index (Phi) is 2.27. The molecule has 0 aromatic carbocycles. The maximum atomic E-state index is 14.0. The summed E-state index contributed by atoms with van der Waals surface area (Å²) < 4.78 is 28.0. The van der Waals surface area contributed by atoms with Gasteiger partial charge in [-0.15, -0.1) is 0 Å². The van der Waals surface area contributed by atoms with E-state index in [4.69, 9.17) is 0 Å². The second-order valence-electron chi connectivity index (χ2n) is 5.58. The van der Waals surface area contributed by atoms with Crippen molar-refractivity contribution in [1.29, 1.82) is 0 Å². The largest absolute Gasteiger partial charge is 0.310 e. The number of alkyl halides is 2. The average molecular weight is 215 g/mol. The molecule has 3 fully saturated rings. The number of hydrogen-bond acceptors (Lipinski definition) is 1. The van der Waals surface area contributed by atoms with Crippen molar-refractivity contribution >= 4 is 0 Å². The summed E-state index contributed by atoms with van der Waals surface area (Å²) in [5.41, 5.74) is 0. The Bertz CT molecular complexity index is 246. The molecule has 3 aliphatic rings. The highest BCUT2D eigenvalue weighted by Crippen LogP contribution is 2.49. The van der Waals surface area contributed by atoms with Gasteiger partial charge >= 0.3 is 0 Å². The SMILES string of the molecule is FC1(F)CC2CCC(N2)C1C1CCCC1. The number of halogens is 2. The minimum absolute atomic E-state index is 0.0880. The van der Waals surface area contributed by atoms with Crippen molar-refractivity contribution in [3.8, 4) is 0 Å². The lowest BCUT2D eigenvalue weighted by molar-refractivity contribution is -0.116. The standard InChI is InChI=1S/C12H19F2N/c13-12(14)7-9-5-6-10(15-9)11(12)8-3-1-2-4-8/h8-11,15H,1-7H2. The van der Waals surface area contributed by atoms with Crippen LogP contribution in [0.5, 0.6) is 0 Å². The first kappa shape index (κ1) is 10.0. The molecule has 0 spiro atoms. The van der Waals surface area contributed by atoms with Crippen molar-refractivity contribution in [2.45, 2.75) is 63.0 Å². The van der Waals surface area contributed by atoms with Gasteiger partial charge in [-0.25, -0.2) is 8.78 Å². The second kappa shape index (κ2) is 3.41. The van der Waals surface area contributed by atoms with Crippen LogP contribution >= 0.6 is 0 Å². The smallest absolute Gasteiger partial charge is 0.254 e. The molecule has 2 heterocycles. The van der Waals surface area contributed by atoms with Crippen LogP contribution in [0.3, 0.4) is 0 Å². The number of rotatable bonds is 1. The van der Waals surface area contributed by atoms with Crippen molar-refractivity contribution in [1.82, 2.24) is 5.32 Å². The first-order valence-electron chi connectivity index (χ1n) is 6.31. The number of nitrogens with one attached hydrogen (secondary N) is 1. The molecule has 3 rings (SSSR count). The predicted octanol–water partition coefficient (Wildman–Crippen LogP) is 2.95. The van der Waals surface area contributed by atoms with Crippen LogP contribution in [0.15, 0.2) is 0 Å². The molecule has 1 aliphatic carbocycles. The van der Waals surface area contributed by atoms with Gasteiger partial charge in [0.05, 0.1) is 0 Å². The molecule has 2 bridgehead atoms. The van der Waals surface area contributed by atoms with E-state index >= 15 is 0 Å². The zero-order chi connectivity index (χ0) is 10.5. The molecule has 3 atom stereocenters. The monoisotopic (exact) mass is 215 g/mol. The Morgan fingerprint density at radius 1 is 1.00 bits per heavy atom. The molecule has 2 aliphatic heterocycles. The quantitative estimate of drug-likeness (QED) is 0.709. The maximum absolute atomic E-state index is 14.0. The van der Waals surface area contributed by atoms with Gasteiger partial charge in [-0.2, -0.15) is 0 Å². The van der Waals surface area contributed by atoms with Gasteiger partial charge in [-0.1, -0.05) is 12.8 Å². The number of hydrogen-bond donors (Lipinski definition) is 1. The lowest BCUT2D eigenvalue weighted by Gasteiger charge is -2.40. The Hall–Kier alpha value is -0.180. The van der Waals surface area contributed by atoms with E-state index in [1.54, 1.807) is 0 Å². The molecule has 3 unspecified atom stereocenters. The van der Waals surface area contributed by atoms with E-state index in [9.17, 15) is 8.78 Å². The van der Waals surface area contributed by atoms with Gasteiger partial charge < -0.3 is 5.32 Å². The third-order valence-electron chi connectivity index (χ3n) is 4.62. The van der Waals surface area contributed by atoms with Crippen molar-refractivity contribution in [2.75, 3.05) is 0 Å². The third kappa shape index (κ3) is 1.59. The van der Waals surface area contributed by atoms with Crippen molar-refractivity contribution in [2.24, 2.45) is 11.8 Å². The first-order chi connectivity index (χ1) is 7.17. The summed E-state index contributed by atoms with van der Waals surface area (Å²) in [6, 6.07) is 0.213. The normalized spacial score (nSPS) is 44.8. The summed E-state index contributed by atoms with van der Waals surface area (Å²) in [5.74, 6) is -2.47. The zero-order valence-electron chi connectivity index (χ0n) is 9.02. The summed E-state index contributed by atoms with van der Waals surface area (Å²) in [4.78, 5) is 0. The Morgan fingerprint density at radius 2 is 1.73 bits per heavy atom. The minimum Gasteiger partial charge on any atom is -0.310 e. The molecular formula is C12H19F2N. The van der Waals surface area contributed by atoms with Crippen LogP contribution in [0.25, 0.3) is 0 Å². The van der Waals surface area contributed by atoms with E-state index in [2.05, 4.69) is 5.32 Å². The van der Waals surface area contributed by atoms with E-state index in [1.165, 1.54) is 0 Å². The van der Waals surface area contributed by atoms with Gasteiger partial charge in [0.1, 0.15) is 0 Å². The molecule has 15 heavy (non-hydrogen) atoms. The maximum Gasteiger partial charge on any atom is 0.254 e. The third-order valence-corrected chi connectivity index (χ3v) is 4.62. The van der Waals surface area contributed by atoms with E-state index in [-0.39, 0.29) is 30.3 Å². The molecule has 0 amide bonds. The van der Waals surface area contributed by atoms with E-state index in [0.29, 0.717) is 0 Å². The van der Waals surface area contributed by atoms with Crippen LogP contribution in [0.1, 0.15) is 44.9 Å². The average Bonchev–Trinajstić information content (AvgIpc) is 2.75. The first-order valence-corrected chi connectivity index (χ1v) is 6.31. The fraction of sp³-hybridized carbons (Fsp3) is 1.00. The molecule has 86 valence electrons. The van der Waals surface area contributed by atoms with Crippen LogP contribution < -0.4 is 5.32 Å². The molecule has 0 aromatic heterocycles. The van der Waals surface area contributed by atoms with Crippen LogP contribution in [0.4, 0.5) is 8.78 Å². The molecule has 0 aromatic rings. The highest BCUT2D eigenvalue weighted by molar-refractivity contribution is 5.04. The van der Waals surface area contributed by atoms with Crippen molar-refractivity contribution in [3.63, 3.8) is 0 Å². The Balaban J connectivity index is 1.83. The lowest BCUT2D eigenvalue weighted by Crippen LogP contribution is -2.54. The van der Waals surface area contributed by atoms with Crippen molar-refractivity contribution in [3.05, 3.63) is 0 Å². The molecular weight excluding hydrogens is 196 g/mol. The zero-order valence-corrected chi connectivity index (χ0v) is 9.02. The van der Waals surface area contributed by atoms with Crippen molar-refractivity contribution < 1.29 is 8.78 Å². The Labute approximate surface area is 89.6 Å². The summed E-state index contributed by atoms with van der Waals surface area (Å²) in [6.45, 7) is 0. The van der Waals surface area contributed by atoms with E-state index in [1.807, 2.05) is 0 Å². The van der Waals surface area contributed by atoms with Gasteiger partial charge in [0.15, 0.2) is 0 Å². The highest BCUT2D eigenvalue weighted by atomic mass is 19.3. The summed E-state index contributed by atoms with van der Waals surface area (Å²) >= 11 is 0. The minimum atomic E-state index is -2.40. The Morgan fingerprint density at radius 3 is 2.47 bits per heavy atom. The fourth-order valence-corrected chi connectivity index (χ4v) is 4.04. The van der Waals surface area contributed by atoms with Gasteiger partial charge in [0.2, 0.25) is 0 Å². The molecule has 1 N–H and O–H groups in total. The lowest BCUT2D eigenvalue weighted by atomic mass is 9.77. The number of fused-ring (bicyclic) bond motifs is 2. The molecule has 0 radical (unpaired) electrons. The van der Waals surface area contributed by atoms with Crippen LogP contribution in [-0.4, -0.2) is 18.0 Å². The molecule has 1 saturated carbocycles. The molecule has 1 nitrogen and oxygen atoms in total. The van der Waals surface area contributed by atoms with E-state index < -0.39 is 5.92 Å². The van der Waals surface area contributed by atoms with E-state index in [0.717, 1.165) is 38.5 Å². The molecule has 3 heteroatoms. The van der Waals surface area contributed by atoms with Crippen LogP contribution in [-0.2, 0) is 0 Å².